The Bertz CT molecular complexity index is 477. The smallest absolute Gasteiger partial charge is 0.0631 e. The molecule has 2 heteroatoms. The third-order valence-electron chi connectivity index (χ3n) is 2.46. The minimum atomic E-state index is -0.640. The number of aromatic nitrogens is 1. The van der Waals surface area contributed by atoms with Crippen LogP contribution in [0.3, 0.4) is 0 Å². The molecule has 2 aromatic rings. The van der Waals surface area contributed by atoms with Gasteiger partial charge in [0.15, 0.2) is 0 Å². The summed E-state index contributed by atoms with van der Waals surface area (Å²) in [6, 6.07) is 8.40. The number of aliphatic hydroxyl groups is 1. The van der Waals surface area contributed by atoms with Crippen molar-refractivity contribution < 1.29 is 5.11 Å². The summed E-state index contributed by atoms with van der Waals surface area (Å²) in [5.74, 6) is 0. The number of rotatable bonds is 2. The lowest BCUT2D eigenvalue weighted by molar-refractivity contribution is 0.0810. The van der Waals surface area contributed by atoms with Crippen molar-refractivity contribution in [1.82, 2.24) is 4.98 Å². The molecule has 1 aromatic heterocycles. The molecule has 1 aromatic carbocycles. The van der Waals surface area contributed by atoms with Gasteiger partial charge in [-0.25, -0.2) is 0 Å². The Balaban J connectivity index is 2.38. The average Bonchev–Trinajstić information content (AvgIpc) is 2.40. The van der Waals surface area contributed by atoms with Crippen molar-refractivity contribution >= 4 is 10.9 Å². The number of fused-ring (bicyclic) bond motifs is 1. The Hall–Kier alpha value is -1.28. The van der Waals surface area contributed by atoms with Crippen LogP contribution in [-0.2, 0) is 6.42 Å². The van der Waals surface area contributed by atoms with Crippen LogP contribution < -0.4 is 0 Å². The van der Waals surface area contributed by atoms with E-state index in [0.717, 1.165) is 5.52 Å². The summed E-state index contributed by atoms with van der Waals surface area (Å²) in [6.45, 7) is 5.72. The van der Waals surface area contributed by atoms with Crippen LogP contribution in [0.2, 0.25) is 0 Å². The molecule has 0 bridgehead atoms. The van der Waals surface area contributed by atoms with E-state index < -0.39 is 5.60 Å². The zero-order valence-corrected chi connectivity index (χ0v) is 9.46. The lowest BCUT2D eigenvalue weighted by atomic mass is 9.98. The highest BCUT2D eigenvalue weighted by Crippen LogP contribution is 2.19. The number of aromatic amines is 1. The van der Waals surface area contributed by atoms with E-state index >= 15 is 0 Å². The van der Waals surface area contributed by atoms with Gasteiger partial charge in [0.25, 0.3) is 0 Å². The van der Waals surface area contributed by atoms with Crippen LogP contribution in [0.25, 0.3) is 10.9 Å². The molecule has 0 unspecified atom stereocenters. The van der Waals surface area contributed by atoms with Crippen molar-refractivity contribution in [2.24, 2.45) is 0 Å². The molecule has 0 aliphatic rings. The van der Waals surface area contributed by atoms with Crippen LogP contribution in [0.5, 0.6) is 0 Å². The van der Waals surface area contributed by atoms with Gasteiger partial charge < -0.3 is 10.1 Å². The Kier molecular flexibility index (Phi) is 2.31. The topological polar surface area (TPSA) is 36.0 Å². The van der Waals surface area contributed by atoms with Crippen LogP contribution in [0, 0.1) is 6.92 Å². The van der Waals surface area contributed by atoms with Crippen LogP contribution in [0.1, 0.15) is 25.1 Å². The van der Waals surface area contributed by atoms with E-state index in [-0.39, 0.29) is 0 Å². The van der Waals surface area contributed by atoms with Crippen molar-refractivity contribution in [2.45, 2.75) is 32.8 Å². The minimum absolute atomic E-state index is 0.640. The zero-order chi connectivity index (χ0) is 11.1. The summed E-state index contributed by atoms with van der Waals surface area (Å²) < 4.78 is 0. The molecular formula is C13H17NO. The summed E-state index contributed by atoms with van der Waals surface area (Å²) in [4.78, 5) is 3.29. The zero-order valence-electron chi connectivity index (χ0n) is 9.46. The van der Waals surface area contributed by atoms with E-state index in [1.54, 1.807) is 0 Å². The molecule has 80 valence electrons. The molecule has 0 aliphatic carbocycles. The molecule has 0 amide bonds. The fourth-order valence-corrected chi connectivity index (χ4v) is 1.94. The van der Waals surface area contributed by atoms with E-state index in [1.165, 1.54) is 16.6 Å². The molecule has 0 saturated carbocycles. The lowest BCUT2D eigenvalue weighted by Gasteiger charge is -2.16. The molecule has 2 rings (SSSR count). The van der Waals surface area contributed by atoms with Crippen molar-refractivity contribution in [2.75, 3.05) is 0 Å². The largest absolute Gasteiger partial charge is 0.390 e. The molecule has 1 heterocycles. The molecule has 0 atom stereocenters. The van der Waals surface area contributed by atoms with Crippen LogP contribution in [0.15, 0.2) is 24.3 Å². The van der Waals surface area contributed by atoms with Crippen LogP contribution in [-0.4, -0.2) is 15.7 Å². The second-order valence-electron chi connectivity index (χ2n) is 4.86. The highest BCUT2D eigenvalue weighted by Gasteiger charge is 2.13. The first kappa shape index (κ1) is 10.2. The third-order valence-corrected chi connectivity index (χ3v) is 2.46. The van der Waals surface area contributed by atoms with Crippen LogP contribution in [0.4, 0.5) is 0 Å². The predicted octanol–water partition coefficient (Wildman–Crippen LogP) is 2.79. The number of aryl methyl sites for hydroxylation is 1. The quantitative estimate of drug-likeness (QED) is 0.773. The van der Waals surface area contributed by atoms with Crippen molar-refractivity contribution in [3.8, 4) is 0 Å². The number of benzene rings is 1. The highest BCUT2D eigenvalue weighted by atomic mass is 16.3. The standard InChI is InChI=1S/C13H17NO/c1-9-6-11-7-10(8-13(2,3)15)4-5-12(11)14-9/h4-7,14-15H,8H2,1-3H3. The third kappa shape index (κ3) is 2.39. The highest BCUT2D eigenvalue weighted by molar-refractivity contribution is 5.81. The van der Waals surface area contributed by atoms with Gasteiger partial charge in [0.05, 0.1) is 5.60 Å². The minimum Gasteiger partial charge on any atom is -0.390 e. The summed E-state index contributed by atoms with van der Waals surface area (Å²) in [5, 5.41) is 11.0. The summed E-state index contributed by atoms with van der Waals surface area (Å²) in [5.41, 5.74) is 2.87. The summed E-state index contributed by atoms with van der Waals surface area (Å²) >= 11 is 0. The summed E-state index contributed by atoms with van der Waals surface area (Å²) in [6.07, 6.45) is 0.688. The fourth-order valence-electron chi connectivity index (χ4n) is 1.94. The van der Waals surface area contributed by atoms with Gasteiger partial charge in [-0.1, -0.05) is 6.07 Å². The van der Waals surface area contributed by atoms with Gasteiger partial charge in [-0.3, -0.25) is 0 Å². The number of hydrogen-bond acceptors (Lipinski definition) is 1. The second-order valence-corrected chi connectivity index (χ2v) is 4.86. The van der Waals surface area contributed by atoms with E-state index in [1.807, 2.05) is 13.8 Å². The monoisotopic (exact) mass is 203 g/mol. The number of hydrogen-bond donors (Lipinski definition) is 2. The molecule has 15 heavy (non-hydrogen) atoms. The van der Waals surface area contributed by atoms with Gasteiger partial charge in [-0.15, -0.1) is 0 Å². The maximum atomic E-state index is 9.74. The first-order valence-corrected chi connectivity index (χ1v) is 5.25. The maximum absolute atomic E-state index is 9.74. The molecular weight excluding hydrogens is 186 g/mol. The van der Waals surface area contributed by atoms with Gasteiger partial charge in [-0.05, 0) is 49.9 Å². The summed E-state index contributed by atoms with van der Waals surface area (Å²) in [7, 11) is 0. The molecule has 0 spiro atoms. The van der Waals surface area contributed by atoms with Crippen molar-refractivity contribution in [1.29, 1.82) is 0 Å². The molecule has 0 aliphatic heterocycles. The fraction of sp³-hybridized carbons (Fsp3) is 0.385. The normalized spacial score (nSPS) is 12.3. The predicted molar refractivity (Wildman–Crippen MR) is 63.0 cm³/mol. The van der Waals surface area contributed by atoms with Gasteiger partial charge in [0.2, 0.25) is 0 Å². The SMILES string of the molecule is Cc1cc2cc(CC(C)(C)O)ccc2[nH]1. The van der Waals surface area contributed by atoms with E-state index in [2.05, 4.69) is 36.2 Å². The van der Waals surface area contributed by atoms with Gasteiger partial charge in [-0.2, -0.15) is 0 Å². The maximum Gasteiger partial charge on any atom is 0.0631 e. The molecule has 2 N–H and O–H groups in total. The van der Waals surface area contributed by atoms with E-state index in [4.69, 9.17) is 0 Å². The molecule has 0 radical (unpaired) electrons. The number of nitrogens with one attached hydrogen (secondary N) is 1. The molecule has 0 saturated heterocycles. The lowest BCUT2D eigenvalue weighted by Crippen LogP contribution is -2.21. The Morgan fingerprint density at radius 3 is 2.67 bits per heavy atom. The molecule has 2 nitrogen and oxygen atoms in total. The Morgan fingerprint density at radius 1 is 1.27 bits per heavy atom. The van der Waals surface area contributed by atoms with Gasteiger partial charge in [0.1, 0.15) is 0 Å². The first-order chi connectivity index (χ1) is 6.94. The first-order valence-electron chi connectivity index (χ1n) is 5.25. The van der Waals surface area contributed by atoms with Crippen molar-refractivity contribution in [3.05, 3.63) is 35.5 Å². The second kappa shape index (κ2) is 3.38. The van der Waals surface area contributed by atoms with Gasteiger partial charge >= 0.3 is 0 Å². The average molecular weight is 203 g/mol. The van der Waals surface area contributed by atoms with E-state index in [0.29, 0.717) is 6.42 Å². The van der Waals surface area contributed by atoms with Gasteiger partial charge in [0, 0.05) is 17.6 Å². The Morgan fingerprint density at radius 2 is 2.00 bits per heavy atom. The Labute approximate surface area is 89.9 Å². The van der Waals surface area contributed by atoms with E-state index in [9.17, 15) is 5.11 Å². The number of H-pyrrole nitrogens is 1. The van der Waals surface area contributed by atoms with Crippen molar-refractivity contribution in [3.63, 3.8) is 0 Å². The van der Waals surface area contributed by atoms with Crippen LogP contribution >= 0.6 is 0 Å². The molecule has 0 fully saturated rings.